The first-order chi connectivity index (χ1) is 10.4. The number of hydrogen-bond acceptors (Lipinski definition) is 5. The predicted octanol–water partition coefficient (Wildman–Crippen LogP) is 2.94. The van der Waals surface area contributed by atoms with E-state index in [2.05, 4.69) is 20.9 Å². The van der Waals surface area contributed by atoms with Crippen molar-refractivity contribution in [2.75, 3.05) is 0 Å². The molecule has 0 aliphatic carbocycles. The minimum absolute atomic E-state index is 0.111. The van der Waals surface area contributed by atoms with Crippen molar-refractivity contribution < 1.29 is 13.3 Å². The molecule has 7 nitrogen and oxygen atoms in total. The van der Waals surface area contributed by atoms with Crippen molar-refractivity contribution in [1.82, 2.24) is 8.96 Å². The fraction of sp³-hybridized carbons (Fsp3) is 0. The summed E-state index contributed by atoms with van der Waals surface area (Å²) in [4.78, 5) is 14.3. The lowest BCUT2D eigenvalue weighted by Crippen LogP contribution is -2.12. The van der Waals surface area contributed by atoms with E-state index in [0.29, 0.717) is 9.86 Å². The van der Waals surface area contributed by atoms with Gasteiger partial charge >= 0.3 is 0 Å². The lowest BCUT2D eigenvalue weighted by molar-refractivity contribution is -0.385. The van der Waals surface area contributed by atoms with Gasteiger partial charge in [0.1, 0.15) is 6.20 Å². The van der Waals surface area contributed by atoms with Crippen molar-refractivity contribution in [2.24, 2.45) is 0 Å². The molecule has 112 valence electrons. The van der Waals surface area contributed by atoms with E-state index in [0.717, 1.165) is 10.2 Å². The quantitative estimate of drug-likeness (QED) is 0.513. The molecular weight excluding hydrogens is 374 g/mol. The fourth-order valence-corrected chi connectivity index (χ4v) is 4.00. The van der Waals surface area contributed by atoms with Gasteiger partial charge in [0, 0.05) is 22.1 Å². The largest absolute Gasteiger partial charge is 0.288 e. The Balaban J connectivity index is 2.27. The molecular formula is C13H8BrN3O4S. The minimum Gasteiger partial charge on any atom is -0.258 e. The number of hydrogen-bond donors (Lipinski definition) is 0. The zero-order valence-electron chi connectivity index (χ0n) is 10.9. The molecule has 0 unspecified atom stereocenters. The third-order valence-electron chi connectivity index (χ3n) is 3.06. The van der Waals surface area contributed by atoms with Crippen LogP contribution < -0.4 is 0 Å². The van der Waals surface area contributed by atoms with E-state index < -0.39 is 14.9 Å². The molecule has 0 saturated heterocycles. The second kappa shape index (κ2) is 5.18. The topological polar surface area (TPSA) is 95.1 Å². The van der Waals surface area contributed by atoms with Crippen LogP contribution in [0.25, 0.3) is 11.0 Å². The van der Waals surface area contributed by atoms with Gasteiger partial charge in [-0.1, -0.05) is 18.2 Å². The third kappa shape index (κ3) is 2.28. The summed E-state index contributed by atoms with van der Waals surface area (Å²) in [5.41, 5.74) is -0.0793. The standard InChI is InChI=1S/C13H8BrN3O4S/c14-12-8-16(22(20,21)10-4-2-1-3-5-10)13-11(12)6-9(7-15-13)17(18)19/h1-8H. The summed E-state index contributed by atoms with van der Waals surface area (Å²) >= 11 is 3.22. The zero-order valence-corrected chi connectivity index (χ0v) is 13.3. The van der Waals surface area contributed by atoms with Crippen molar-refractivity contribution in [3.05, 3.63) is 63.4 Å². The number of pyridine rings is 1. The molecule has 0 radical (unpaired) electrons. The highest BCUT2D eigenvalue weighted by molar-refractivity contribution is 9.10. The molecule has 0 aliphatic rings. The second-order valence-corrected chi connectivity index (χ2v) is 7.08. The number of halogens is 1. The van der Waals surface area contributed by atoms with Crippen LogP contribution in [-0.2, 0) is 10.0 Å². The number of benzene rings is 1. The van der Waals surface area contributed by atoms with Crippen molar-refractivity contribution in [1.29, 1.82) is 0 Å². The summed E-state index contributed by atoms with van der Waals surface area (Å²) in [6.45, 7) is 0. The molecule has 0 amide bonds. The summed E-state index contributed by atoms with van der Waals surface area (Å²) in [7, 11) is -3.82. The SMILES string of the molecule is O=[N+]([O-])c1cnc2c(c1)c(Br)cn2S(=O)(=O)c1ccccc1. The monoisotopic (exact) mass is 381 g/mol. The first kappa shape index (κ1) is 14.7. The van der Waals surface area contributed by atoms with Gasteiger partial charge in [-0.3, -0.25) is 10.1 Å². The molecule has 0 bridgehead atoms. The number of nitro groups is 1. The third-order valence-corrected chi connectivity index (χ3v) is 5.36. The number of rotatable bonds is 3. The maximum absolute atomic E-state index is 12.6. The Bertz CT molecular complexity index is 983. The predicted molar refractivity (Wildman–Crippen MR) is 83.1 cm³/mol. The highest BCUT2D eigenvalue weighted by atomic mass is 79.9. The summed E-state index contributed by atoms with van der Waals surface area (Å²) in [5.74, 6) is 0. The van der Waals surface area contributed by atoms with Crippen LogP contribution in [-0.4, -0.2) is 22.3 Å². The first-order valence-corrected chi connectivity index (χ1v) is 8.26. The van der Waals surface area contributed by atoms with E-state index in [1.807, 2.05) is 0 Å². The molecule has 9 heteroatoms. The average Bonchev–Trinajstić information content (AvgIpc) is 2.85. The average molecular weight is 382 g/mol. The summed E-state index contributed by atoms with van der Waals surface area (Å²) < 4.78 is 26.7. The molecule has 1 aromatic carbocycles. The van der Waals surface area contributed by atoms with Gasteiger partial charge in [-0.25, -0.2) is 17.4 Å². The van der Waals surface area contributed by atoms with Crippen molar-refractivity contribution in [3.8, 4) is 0 Å². The molecule has 3 rings (SSSR count). The molecule has 0 aliphatic heterocycles. The van der Waals surface area contributed by atoms with Crippen LogP contribution in [0.2, 0.25) is 0 Å². The molecule has 0 atom stereocenters. The zero-order chi connectivity index (χ0) is 15.9. The van der Waals surface area contributed by atoms with Crippen LogP contribution in [0.1, 0.15) is 0 Å². The molecule has 2 heterocycles. The highest BCUT2D eigenvalue weighted by Gasteiger charge is 2.22. The van der Waals surface area contributed by atoms with Crippen LogP contribution in [0.15, 0.2) is 58.2 Å². The summed E-state index contributed by atoms with van der Waals surface area (Å²) in [6, 6.07) is 9.17. The molecule has 2 aromatic heterocycles. The fourth-order valence-electron chi connectivity index (χ4n) is 2.02. The van der Waals surface area contributed by atoms with Gasteiger partial charge in [0.2, 0.25) is 0 Å². The van der Waals surface area contributed by atoms with Gasteiger partial charge in [-0.05, 0) is 28.1 Å². The normalized spacial score (nSPS) is 11.7. The number of fused-ring (bicyclic) bond motifs is 1. The van der Waals surface area contributed by atoms with Crippen LogP contribution in [0.3, 0.4) is 0 Å². The second-order valence-electron chi connectivity index (χ2n) is 4.41. The molecule has 22 heavy (non-hydrogen) atoms. The molecule has 0 saturated carbocycles. The van der Waals surface area contributed by atoms with Crippen LogP contribution in [0, 0.1) is 10.1 Å². The minimum atomic E-state index is -3.82. The van der Waals surface area contributed by atoms with Gasteiger partial charge in [0.25, 0.3) is 15.7 Å². The van der Waals surface area contributed by atoms with Crippen LogP contribution >= 0.6 is 15.9 Å². The van der Waals surface area contributed by atoms with Crippen molar-refractivity contribution >= 4 is 42.7 Å². The Morgan fingerprint density at radius 2 is 1.91 bits per heavy atom. The van der Waals surface area contributed by atoms with E-state index in [4.69, 9.17) is 0 Å². The summed E-state index contributed by atoms with van der Waals surface area (Å²) in [6.07, 6.45) is 2.37. The molecule has 0 N–H and O–H groups in total. The maximum Gasteiger partial charge on any atom is 0.288 e. The molecule has 0 fully saturated rings. The van der Waals surface area contributed by atoms with E-state index >= 15 is 0 Å². The van der Waals surface area contributed by atoms with E-state index in [1.54, 1.807) is 18.2 Å². The van der Waals surface area contributed by atoms with Gasteiger partial charge < -0.3 is 0 Å². The lowest BCUT2D eigenvalue weighted by atomic mass is 10.3. The molecule has 3 aromatic rings. The van der Waals surface area contributed by atoms with Gasteiger partial charge in [-0.2, -0.15) is 0 Å². The Morgan fingerprint density at radius 3 is 2.55 bits per heavy atom. The van der Waals surface area contributed by atoms with E-state index in [-0.39, 0.29) is 16.2 Å². The summed E-state index contributed by atoms with van der Waals surface area (Å²) in [5, 5.41) is 11.2. The Kier molecular flexibility index (Phi) is 3.45. The Morgan fingerprint density at radius 1 is 1.23 bits per heavy atom. The van der Waals surface area contributed by atoms with Gasteiger partial charge in [0.05, 0.1) is 9.82 Å². The first-order valence-electron chi connectivity index (χ1n) is 6.03. The number of aromatic nitrogens is 2. The Labute approximate surface area is 133 Å². The van der Waals surface area contributed by atoms with E-state index in [1.165, 1.54) is 24.4 Å². The van der Waals surface area contributed by atoms with E-state index in [9.17, 15) is 18.5 Å². The lowest BCUT2D eigenvalue weighted by Gasteiger charge is -2.06. The number of nitrogens with zero attached hydrogens (tertiary/aromatic N) is 3. The highest BCUT2D eigenvalue weighted by Crippen LogP contribution is 2.30. The van der Waals surface area contributed by atoms with Gasteiger partial charge in [-0.15, -0.1) is 0 Å². The van der Waals surface area contributed by atoms with Gasteiger partial charge in [0.15, 0.2) is 5.65 Å². The van der Waals surface area contributed by atoms with Crippen LogP contribution in [0.5, 0.6) is 0 Å². The smallest absolute Gasteiger partial charge is 0.258 e. The Hall–Kier alpha value is -2.26. The molecule has 0 spiro atoms. The maximum atomic E-state index is 12.6. The van der Waals surface area contributed by atoms with Crippen molar-refractivity contribution in [3.63, 3.8) is 0 Å². The van der Waals surface area contributed by atoms with Crippen LogP contribution in [0.4, 0.5) is 5.69 Å². The van der Waals surface area contributed by atoms with Crippen molar-refractivity contribution in [2.45, 2.75) is 4.90 Å².